The average molecular weight is 215 g/mol. The number of hydrogen-bond donors (Lipinski definition) is 1. The number of ether oxygens (including phenoxy) is 1. The maximum absolute atomic E-state index is 10.4. The normalized spacial score (nSPS) is 9.75. The predicted octanol–water partition coefficient (Wildman–Crippen LogP) is 2.81. The molecule has 0 amide bonds. The van der Waals surface area contributed by atoms with Crippen LogP contribution in [0, 0.1) is 0 Å². The van der Waals surface area contributed by atoms with E-state index in [1.54, 1.807) is 12.1 Å². The van der Waals surface area contributed by atoms with E-state index in [0.717, 1.165) is 11.1 Å². The minimum absolute atomic E-state index is 0.0776. The maximum atomic E-state index is 10.4. The molecule has 0 radical (unpaired) electrons. The summed E-state index contributed by atoms with van der Waals surface area (Å²) in [6, 6.07) is 13.0. The molecule has 4 heteroatoms. The Balaban J connectivity index is 2.33. The zero-order valence-corrected chi connectivity index (χ0v) is 8.33. The van der Waals surface area contributed by atoms with Crippen molar-refractivity contribution in [1.82, 2.24) is 4.98 Å². The van der Waals surface area contributed by atoms with Crippen molar-refractivity contribution in [3.8, 4) is 17.0 Å². The van der Waals surface area contributed by atoms with Crippen molar-refractivity contribution < 1.29 is 14.6 Å². The molecular formula is C12H9NO3. The molecule has 0 bridgehead atoms. The van der Waals surface area contributed by atoms with Crippen molar-refractivity contribution in [3.05, 3.63) is 48.7 Å². The third kappa shape index (κ3) is 2.36. The summed E-state index contributed by atoms with van der Waals surface area (Å²) in [6.45, 7) is 0. The summed E-state index contributed by atoms with van der Waals surface area (Å²) < 4.78 is 4.48. The van der Waals surface area contributed by atoms with Crippen LogP contribution in [0.2, 0.25) is 0 Å². The van der Waals surface area contributed by atoms with E-state index in [9.17, 15) is 4.79 Å². The smallest absolute Gasteiger partial charge is 0.449 e. The number of carboxylic acid groups (broad SMARTS) is 1. The fraction of sp³-hybridized carbons (Fsp3) is 0. The van der Waals surface area contributed by atoms with Crippen LogP contribution in [0.1, 0.15) is 0 Å². The van der Waals surface area contributed by atoms with Crippen molar-refractivity contribution in [2.45, 2.75) is 0 Å². The summed E-state index contributed by atoms with van der Waals surface area (Å²) in [5, 5.41) is 8.47. The highest BCUT2D eigenvalue weighted by Gasteiger charge is 2.04. The van der Waals surface area contributed by atoms with Gasteiger partial charge in [0.15, 0.2) is 0 Å². The molecule has 0 atom stereocenters. The van der Waals surface area contributed by atoms with Gasteiger partial charge in [0.2, 0.25) is 5.88 Å². The average Bonchev–Trinajstić information content (AvgIpc) is 2.30. The van der Waals surface area contributed by atoms with Crippen molar-refractivity contribution in [2.75, 3.05) is 0 Å². The monoisotopic (exact) mass is 215 g/mol. The van der Waals surface area contributed by atoms with E-state index >= 15 is 0 Å². The number of carbonyl (C=O) groups is 1. The first-order valence-electron chi connectivity index (χ1n) is 4.68. The van der Waals surface area contributed by atoms with Crippen LogP contribution in [0.4, 0.5) is 4.79 Å². The molecule has 0 saturated heterocycles. The first kappa shape index (κ1) is 10.2. The fourth-order valence-corrected chi connectivity index (χ4v) is 1.36. The Kier molecular flexibility index (Phi) is 2.82. The third-order valence-corrected chi connectivity index (χ3v) is 2.03. The van der Waals surface area contributed by atoms with Gasteiger partial charge in [-0.2, -0.15) is 0 Å². The van der Waals surface area contributed by atoms with E-state index in [1.807, 2.05) is 30.3 Å². The molecule has 2 rings (SSSR count). The maximum Gasteiger partial charge on any atom is 0.512 e. The quantitative estimate of drug-likeness (QED) is 0.782. The van der Waals surface area contributed by atoms with Gasteiger partial charge in [0, 0.05) is 12.3 Å². The van der Waals surface area contributed by atoms with Crippen LogP contribution in [0.15, 0.2) is 48.7 Å². The Morgan fingerprint density at radius 1 is 1.12 bits per heavy atom. The number of rotatable bonds is 2. The highest BCUT2D eigenvalue weighted by molar-refractivity contribution is 5.66. The Hall–Kier alpha value is -2.36. The van der Waals surface area contributed by atoms with Gasteiger partial charge in [-0.1, -0.05) is 30.3 Å². The molecule has 16 heavy (non-hydrogen) atoms. The van der Waals surface area contributed by atoms with Crippen LogP contribution < -0.4 is 4.74 Å². The van der Waals surface area contributed by atoms with Gasteiger partial charge in [-0.25, -0.2) is 9.78 Å². The molecule has 1 N–H and O–H groups in total. The van der Waals surface area contributed by atoms with Crippen molar-refractivity contribution in [3.63, 3.8) is 0 Å². The Bertz CT molecular complexity index is 497. The van der Waals surface area contributed by atoms with E-state index in [4.69, 9.17) is 5.11 Å². The zero-order chi connectivity index (χ0) is 11.4. The molecule has 4 nitrogen and oxygen atoms in total. The lowest BCUT2D eigenvalue weighted by atomic mass is 10.1. The molecule has 80 valence electrons. The number of benzene rings is 1. The van der Waals surface area contributed by atoms with Gasteiger partial charge in [-0.3, -0.25) is 0 Å². The lowest BCUT2D eigenvalue weighted by Crippen LogP contribution is -2.04. The first-order valence-corrected chi connectivity index (χ1v) is 4.68. The minimum Gasteiger partial charge on any atom is -0.449 e. The molecule has 0 aliphatic rings. The van der Waals surface area contributed by atoms with E-state index in [0.29, 0.717) is 0 Å². The van der Waals surface area contributed by atoms with Gasteiger partial charge in [-0.05, 0) is 17.2 Å². The minimum atomic E-state index is -1.36. The van der Waals surface area contributed by atoms with Crippen molar-refractivity contribution in [1.29, 1.82) is 0 Å². The summed E-state index contributed by atoms with van der Waals surface area (Å²) in [5.74, 6) is 0.0776. The molecule has 0 aliphatic carbocycles. The van der Waals surface area contributed by atoms with Crippen molar-refractivity contribution >= 4 is 6.16 Å². The largest absolute Gasteiger partial charge is 0.512 e. The second-order valence-electron chi connectivity index (χ2n) is 3.12. The van der Waals surface area contributed by atoms with Gasteiger partial charge >= 0.3 is 6.16 Å². The van der Waals surface area contributed by atoms with Crippen LogP contribution in [0.25, 0.3) is 11.1 Å². The van der Waals surface area contributed by atoms with Crippen LogP contribution in [-0.4, -0.2) is 16.2 Å². The highest BCUT2D eigenvalue weighted by atomic mass is 16.7. The van der Waals surface area contributed by atoms with Gasteiger partial charge in [0.05, 0.1) is 0 Å². The SMILES string of the molecule is O=C(O)Oc1cc(-c2ccccc2)ccn1. The summed E-state index contributed by atoms with van der Waals surface area (Å²) in [5.41, 5.74) is 1.85. The second-order valence-corrected chi connectivity index (χ2v) is 3.12. The Morgan fingerprint density at radius 3 is 2.56 bits per heavy atom. The fourth-order valence-electron chi connectivity index (χ4n) is 1.36. The molecule has 0 spiro atoms. The summed E-state index contributed by atoms with van der Waals surface area (Å²) in [4.78, 5) is 14.2. The van der Waals surface area contributed by atoms with Crippen LogP contribution >= 0.6 is 0 Å². The molecule has 1 aromatic carbocycles. The van der Waals surface area contributed by atoms with E-state index in [1.165, 1.54) is 6.20 Å². The zero-order valence-electron chi connectivity index (χ0n) is 8.33. The highest BCUT2D eigenvalue weighted by Crippen LogP contribution is 2.21. The second kappa shape index (κ2) is 4.44. The topological polar surface area (TPSA) is 59.4 Å². The van der Waals surface area contributed by atoms with Gasteiger partial charge < -0.3 is 9.84 Å². The van der Waals surface area contributed by atoms with Gasteiger partial charge in [-0.15, -0.1) is 0 Å². The molecule has 0 aliphatic heterocycles. The molecular weight excluding hydrogens is 206 g/mol. The van der Waals surface area contributed by atoms with Crippen LogP contribution in [0.3, 0.4) is 0 Å². The van der Waals surface area contributed by atoms with Crippen molar-refractivity contribution in [2.24, 2.45) is 0 Å². The van der Waals surface area contributed by atoms with E-state index in [2.05, 4.69) is 9.72 Å². The molecule has 1 heterocycles. The standard InChI is InChI=1S/C12H9NO3/c14-12(15)16-11-8-10(6-7-13-11)9-4-2-1-3-5-9/h1-8H,(H,14,15). The number of pyridine rings is 1. The number of nitrogens with zero attached hydrogens (tertiary/aromatic N) is 1. The first-order chi connectivity index (χ1) is 7.75. The molecule has 2 aromatic rings. The summed E-state index contributed by atoms with van der Waals surface area (Å²) in [6.07, 6.45) is 0.151. The summed E-state index contributed by atoms with van der Waals surface area (Å²) >= 11 is 0. The van der Waals surface area contributed by atoms with Gasteiger partial charge in [0.1, 0.15) is 0 Å². The Morgan fingerprint density at radius 2 is 1.88 bits per heavy atom. The van der Waals surface area contributed by atoms with Gasteiger partial charge in [0.25, 0.3) is 0 Å². The molecule has 0 unspecified atom stereocenters. The Labute approximate surface area is 92.1 Å². The lowest BCUT2D eigenvalue weighted by molar-refractivity contribution is 0.142. The molecule has 0 saturated carbocycles. The third-order valence-electron chi connectivity index (χ3n) is 2.03. The lowest BCUT2D eigenvalue weighted by Gasteiger charge is -2.03. The molecule has 0 fully saturated rings. The number of aromatic nitrogens is 1. The summed E-state index contributed by atoms with van der Waals surface area (Å²) in [7, 11) is 0. The van der Waals surface area contributed by atoms with Crippen LogP contribution in [0.5, 0.6) is 5.88 Å². The van der Waals surface area contributed by atoms with Crippen LogP contribution in [-0.2, 0) is 0 Å². The number of hydrogen-bond acceptors (Lipinski definition) is 3. The predicted molar refractivity (Wildman–Crippen MR) is 58.3 cm³/mol. The van der Waals surface area contributed by atoms with E-state index < -0.39 is 6.16 Å². The van der Waals surface area contributed by atoms with E-state index in [-0.39, 0.29) is 5.88 Å². The molecule has 1 aromatic heterocycles.